The highest BCUT2D eigenvalue weighted by Crippen LogP contribution is 2.56. The van der Waals surface area contributed by atoms with Gasteiger partial charge in [-0.2, -0.15) is 0 Å². The van der Waals surface area contributed by atoms with Crippen molar-refractivity contribution in [3.05, 3.63) is 46.5 Å². The number of hydrogen-bond donors (Lipinski definition) is 2. The maximum atomic E-state index is 10.9. The molecule has 0 spiro atoms. The smallest absolute Gasteiger partial charge is 0.125 e. The van der Waals surface area contributed by atoms with Crippen LogP contribution in [0.5, 0.6) is 11.5 Å². The zero-order valence-corrected chi connectivity index (χ0v) is 14.2. The molecule has 5 rings (SSSR count). The molecule has 2 fully saturated rings. The van der Waals surface area contributed by atoms with E-state index in [0.717, 1.165) is 33.4 Å². The predicted molar refractivity (Wildman–Crippen MR) is 90.7 cm³/mol. The first-order valence-electron chi connectivity index (χ1n) is 8.60. The highest BCUT2D eigenvalue weighted by molar-refractivity contribution is 5.78. The van der Waals surface area contributed by atoms with Crippen molar-refractivity contribution in [3.63, 3.8) is 0 Å². The van der Waals surface area contributed by atoms with Crippen LogP contribution in [0.2, 0.25) is 0 Å². The largest absolute Gasteiger partial charge is 0.508 e. The van der Waals surface area contributed by atoms with Gasteiger partial charge >= 0.3 is 0 Å². The molecule has 0 bridgehead atoms. The molecule has 0 aliphatic carbocycles. The van der Waals surface area contributed by atoms with Crippen molar-refractivity contribution in [1.82, 2.24) is 0 Å². The Kier molecular flexibility index (Phi) is 3.17. The molecule has 4 atom stereocenters. The average molecular weight is 340 g/mol. The molecular formula is C20H20O5. The van der Waals surface area contributed by atoms with E-state index in [1.165, 1.54) is 0 Å². The molecule has 2 N–H and O–H groups in total. The van der Waals surface area contributed by atoms with Crippen LogP contribution in [-0.2, 0) is 14.2 Å². The summed E-state index contributed by atoms with van der Waals surface area (Å²) < 4.78 is 17.4. The van der Waals surface area contributed by atoms with Crippen molar-refractivity contribution in [3.8, 4) is 22.6 Å². The van der Waals surface area contributed by atoms with Crippen LogP contribution in [0.25, 0.3) is 11.1 Å². The second kappa shape index (κ2) is 5.21. The summed E-state index contributed by atoms with van der Waals surface area (Å²) in [6.45, 7) is 5.01. The highest BCUT2D eigenvalue weighted by atomic mass is 16.6. The van der Waals surface area contributed by atoms with Gasteiger partial charge < -0.3 is 24.4 Å². The number of benzene rings is 2. The minimum Gasteiger partial charge on any atom is -0.508 e. The van der Waals surface area contributed by atoms with Crippen LogP contribution in [0.1, 0.15) is 34.5 Å². The molecular weight excluding hydrogens is 320 g/mol. The van der Waals surface area contributed by atoms with Gasteiger partial charge in [0, 0.05) is 11.1 Å². The van der Waals surface area contributed by atoms with Gasteiger partial charge in [-0.3, -0.25) is 0 Å². The number of hydrogen-bond acceptors (Lipinski definition) is 5. The Bertz CT molecular complexity index is 858. The van der Waals surface area contributed by atoms with Gasteiger partial charge in [-0.05, 0) is 48.2 Å². The summed E-state index contributed by atoms with van der Waals surface area (Å²) in [6, 6.07) is 7.17. The molecule has 0 amide bonds. The van der Waals surface area contributed by atoms with Crippen LogP contribution in [0.15, 0.2) is 24.3 Å². The molecule has 5 nitrogen and oxygen atoms in total. The van der Waals surface area contributed by atoms with E-state index in [1.54, 1.807) is 12.1 Å². The van der Waals surface area contributed by atoms with Crippen LogP contribution in [0.4, 0.5) is 0 Å². The molecule has 2 aromatic rings. The molecule has 3 aliphatic rings. The lowest BCUT2D eigenvalue weighted by Crippen LogP contribution is -2.06. The van der Waals surface area contributed by atoms with Gasteiger partial charge in [0.15, 0.2) is 0 Å². The normalized spacial score (nSPS) is 29.5. The van der Waals surface area contributed by atoms with Crippen LogP contribution >= 0.6 is 0 Å². The molecule has 3 heterocycles. The summed E-state index contributed by atoms with van der Waals surface area (Å²) in [5.41, 5.74) is 5.79. The van der Waals surface area contributed by atoms with Gasteiger partial charge in [-0.15, -0.1) is 0 Å². The molecule has 130 valence electrons. The van der Waals surface area contributed by atoms with Crippen molar-refractivity contribution >= 4 is 0 Å². The number of phenolic OH excluding ortho intramolecular Hbond substituents is 2. The molecule has 2 aromatic carbocycles. The topological polar surface area (TPSA) is 74.8 Å². The minimum atomic E-state index is -0.145. The Labute approximate surface area is 145 Å². The molecule has 4 unspecified atom stereocenters. The van der Waals surface area contributed by atoms with E-state index in [2.05, 4.69) is 0 Å². The third kappa shape index (κ3) is 2.27. The lowest BCUT2D eigenvalue weighted by molar-refractivity contribution is 0.102. The first kappa shape index (κ1) is 15.2. The zero-order chi connectivity index (χ0) is 17.3. The molecule has 3 aliphatic heterocycles. The Morgan fingerprint density at radius 2 is 1.44 bits per heavy atom. The summed E-state index contributed by atoms with van der Waals surface area (Å²) in [7, 11) is 0. The third-order valence-corrected chi connectivity index (χ3v) is 5.56. The molecule has 0 aromatic heterocycles. The fraction of sp³-hybridized carbons (Fsp3) is 0.400. The van der Waals surface area contributed by atoms with E-state index in [4.69, 9.17) is 14.2 Å². The number of aromatic hydroxyl groups is 2. The van der Waals surface area contributed by atoms with Crippen LogP contribution < -0.4 is 0 Å². The second-order valence-corrected chi connectivity index (χ2v) is 7.08. The van der Waals surface area contributed by atoms with Crippen molar-refractivity contribution in [2.24, 2.45) is 0 Å². The number of epoxide rings is 2. The summed E-state index contributed by atoms with van der Waals surface area (Å²) in [5.74, 6) is 0.537. The molecule has 5 heteroatoms. The van der Waals surface area contributed by atoms with Gasteiger partial charge in [0.1, 0.15) is 35.9 Å². The number of rotatable bonds is 1. The first-order valence-corrected chi connectivity index (χ1v) is 8.60. The zero-order valence-electron chi connectivity index (χ0n) is 14.2. The van der Waals surface area contributed by atoms with E-state index in [9.17, 15) is 10.2 Å². The Balaban J connectivity index is 1.79. The number of fused-ring (bicyclic) bond motifs is 5. The van der Waals surface area contributed by atoms with Gasteiger partial charge in [-0.25, -0.2) is 0 Å². The SMILES string of the molecule is Cc1c(C)c(-c2ccc(O)cc2)c2c(c1O)C1OC1COCC1OC21. The third-order valence-electron chi connectivity index (χ3n) is 5.56. The molecule has 25 heavy (non-hydrogen) atoms. The molecule has 2 saturated heterocycles. The van der Waals surface area contributed by atoms with Gasteiger partial charge in [0.25, 0.3) is 0 Å². The van der Waals surface area contributed by atoms with E-state index in [0.29, 0.717) is 19.0 Å². The Hall–Kier alpha value is -2.08. The van der Waals surface area contributed by atoms with Crippen molar-refractivity contribution < 1.29 is 24.4 Å². The van der Waals surface area contributed by atoms with E-state index in [-0.39, 0.29) is 30.2 Å². The monoisotopic (exact) mass is 340 g/mol. The fourth-order valence-corrected chi connectivity index (χ4v) is 3.96. The van der Waals surface area contributed by atoms with Gasteiger partial charge in [0.2, 0.25) is 0 Å². The first-order chi connectivity index (χ1) is 12.1. The van der Waals surface area contributed by atoms with Gasteiger partial charge in [0.05, 0.1) is 13.2 Å². The predicted octanol–water partition coefficient (Wildman–Crippen LogP) is 3.29. The van der Waals surface area contributed by atoms with E-state index in [1.807, 2.05) is 26.0 Å². The highest BCUT2D eigenvalue weighted by Gasteiger charge is 2.52. The average Bonchev–Trinajstić information content (AvgIpc) is 3.51. The minimum absolute atomic E-state index is 0.00285. The standard InChI is InChI=1S/C20H20O5/c1-9-10(2)18(22)17-16(15(9)11-3-5-12(21)6-4-11)19-13(24-19)7-23-8-14-20(17)25-14/h3-6,13-14,19-22H,7-8H2,1-2H3. The van der Waals surface area contributed by atoms with Gasteiger partial charge in [-0.1, -0.05) is 12.1 Å². The summed E-state index contributed by atoms with van der Waals surface area (Å²) >= 11 is 0. The van der Waals surface area contributed by atoms with Crippen molar-refractivity contribution in [1.29, 1.82) is 0 Å². The maximum Gasteiger partial charge on any atom is 0.125 e. The Morgan fingerprint density at radius 3 is 2.08 bits per heavy atom. The Morgan fingerprint density at radius 1 is 0.840 bits per heavy atom. The van der Waals surface area contributed by atoms with Crippen LogP contribution in [0.3, 0.4) is 0 Å². The van der Waals surface area contributed by atoms with E-state index >= 15 is 0 Å². The number of ether oxygens (including phenoxy) is 3. The van der Waals surface area contributed by atoms with Crippen molar-refractivity contribution in [2.45, 2.75) is 38.3 Å². The van der Waals surface area contributed by atoms with Crippen LogP contribution in [-0.4, -0.2) is 35.6 Å². The van der Waals surface area contributed by atoms with Crippen molar-refractivity contribution in [2.75, 3.05) is 13.2 Å². The summed E-state index contributed by atoms with van der Waals surface area (Å²) in [5, 5.41) is 20.5. The number of phenols is 2. The summed E-state index contributed by atoms with van der Waals surface area (Å²) in [6.07, 6.45) is -0.217. The molecule has 0 saturated carbocycles. The van der Waals surface area contributed by atoms with E-state index < -0.39 is 0 Å². The quantitative estimate of drug-likeness (QED) is 0.779. The fourth-order valence-electron chi connectivity index (χ4n) is 3.96. The molecule has 0 radical (unpaired) electrons. The lowest BCUT2D eigenvalue weighted by atomic mass is 9.84. The van der Waals surface area contributed by atoms with Crippen LogP contribution in [0, 0.1) is 13.8 Å². The maximum absolute atomic E-state index is 10.9. The second-order valence-electron chi connectivity index (χ2n) is 7.08. The lowest BCUT2D eigenvalue weighted by Gasteiger charge is -2.20. The summed E-state index contributed by atoms with van der Waals surface area (Å²) in [4.78, 5) is 0.